The van der Waals surface area contributed by atoms with Crippen molar-refractivity contribution in [3.05, 3.63) is 95.3 Å². The van der Waals surface area contributed by atoms with Gasteiger partial charge in [-0.15, -0.1) is 10.2 Å². The second-order valence-corrected chi connectivity index (χ2v) is 8.77. The van der Waals surface area contributed by atoms with E-state index in [4.69, 9.17) is 14.2 Å². The Morgan fingerprint density at radius 1 is 1.06 bits per heavy atom. The molecule has 1 aliphatic rings. The Hall–Kier alpha value is -3.20. The Morgan fingerprint density at radius 2 is 1.82 bits per heavy atom. The normalized spacial score (nSPS) is 15.1. The molecule has 6 nitrogen and oxygen atoms in total. The maximum Gasteiger partial charge on any atom is 0.227 e. The number of fused-ring (bicyclic) bond motifs is 1. The first-order valence-corrected chi connectivity index (χ1v) is 12.0. The van der Waals surface area contributed by atoms with Gasteiger partial charge < -0.3 is 14.2 Å². The summed E-state index contributed by atoms with van der Waals surface area (Å²) in [6.07, 6.45) is -0.530. The molecule has 1 atom stereocenters. The summed E-state index contributed by atoms with van der Waals surface area (Å²) < 4.78 is 33.8. The van der Waals surface area contributed by atoms with Crippen molar-refractivity contribution < 1.29 is 18.6 Å². The smallest absolute Gasteiger partial charge is 0.227 e. The highest BCUT2D eigenvalue weighted by Gasteiger charge is 2.25. The minimum absolute atomic E-state index is 0.284. The minimum Gasteiger partial charge on any atom is -0.460 e. The van der Waals surface area contributed by atoms with Crippen LogP contribution in [0.2, 0.25) is 0 Å². The molecule has 0 fully saturated rings. The van der Waals surface area contributed by atoms with Gasteiger partial charge in [0, 0.05) is 35.1 Å². The summed E-state index contributed by atoms with van der Waals surface area (Å²) in [5, 5.41) is 9.57. The number of rotatable bonds is 8. The molecule has 174 valence electrons. The van der Waals surface area contributed by atoms with E-state index in [1.54, 1.807) is 7.11 Å². The SMILES string of the molecule is COCCn1c(SCc2cc(F)cc3c2O[C@@H](c2ccccc2)OC3)nnc1-c1ccccc1. The second kappa shape index (κ2) is 10.4. The van der Waals surface area contributed by atoms with Crippen LogP contribution in [-0.4, -0.2) is 28.5 Å². The summed E-state index contributed by atoms with van der Waals surface area (Å²) >= 11 is 1.49. The lowest BCUT2D eigenvalue weighted by atomic mass is 10.1. The number of ether oxygens (including phenoxy) is 3. The van der Waals surface area contributed by atoms with Gasteiger partial charge >= 0.3 is 0 Å². The van der Waals surface area contributed by atoms with Crippen molar-refractivity contribution in [3.8, 4) is 17.1 Å². The fraction of sp³-hybridized carbons (Fsp3) is 0.231. The first kappa shape index (κ1) is 22.6. The van der Waals surface area contributed by atoms with E-state index in [9.17, 15) is 4.39 Å². The number of aromatic nitrogens is 3. The minimum atomic E-state index is -0.530. The highest BCUT2D eigenvalue weighted by molar-refractivity contribution is 7.98. The molecule has 8 heteroatoms. The number of halogens is 1. The standard InChI is InChI=1S/C26H24FN3O3S/c1-31-13-12-30-24(18-8-4-2-5-9-18)28-29-26(30)34-17-21-15-22(27)14-20-16-32-25(33-23(20)21)19-10-6-3-7-11-19/h2-11,14-15,25H,12-13,16-17H2,1H3/t25-/m0/s1. The molecular weight excluding hydrogens is 453 g/mol. The molecule has 4 aromatic rings. The molecule has 34 heavy (non-hydrogen) atoms. The van der Waals surface area contributed by atoms with Crippen molar-refractivity contribution in [2.45, 2.75) is 30.4 Å². The van der Waals surface area contributed by atoms with E-state index >= 15 is 0 Å². The highest BCUT2D eigenvalue weighted by Crippen LogP contribution is 2.39. The molecule has 0 unspecified atom stereocenters. The zero-order chi connectivity index (χ0) is 23.3. The summed E-state index contributed by atoms with van der Waals surface area (Å²) in [7, 11) is 1.67. The van der Waals surface area contributed by atoms with Gasteiger partial charge in [0.25, 0.3) is 0 Å². The third kappa shape index (κ3) is 4.84. The van der Waals surface area contributed by atoms with Gasteiger partial charge in [-0.1, -0.05) is 72.4 Å². The summed E-state index contributed by atoms with van der Waals surface area (Å²) in [6, 6.07) is 22.6. The molecule has 3 aromatic carbocycles. The van der Waals surface area contributed by atoms with E-state index in [1.165, 1.54) is 23.9 Å². The number of hydrogen-bond acceptors (Lipinski definition) is 6. The van der Waals surface area contributed by atoms with Gasteiger partial charge in [0.1, 0.15) is 11.6 Å². The Morgan fingerprint density at radius 3 is 2.59 bits per heavy atom. The van der Waals surface area contributed by atoms with Gasteiger partial charge in [-0.05, 0) is 12.1 Å². The van der Waals surface area contributed by atoms with Crippen molar-refractivity contribution in [1.29, 1.82) is 0 Å². The average molecular weight is 478 g/mol. The van der Waals surface area contributed by atoms with E-state index in [2.05, 4.69) is 10.2 Å². The van der Waals surface area contributed by atoms with E-state index in [0.717, 1.165) is 27.7 Å². The molecule has 1 aliphatic heterocycles. The number of benzene rings is 3. The van der Waals surface area contributed by atoms with Crippen LogP contribution in [0.15, 0.2) is 78.0 Å². The van der Waals surface area contributed by atoms with Gasteiger partial charge in [0.2, 0.25) is 6.29 Å². The summed E-state index contributed by atoms with van der Waals surface area (Å²) in [4.78, 5) is 0. The number of thioether (sulfide) groups is 1. The monoisotopic (exact) mass is 477 g/mol. The number of nitrogens with zero attached hydrogens (tertiary/aromatic N) is 3. The van der Waals surface area contributed by atoms with Crippen molar-refractivity contribution in [1.82, 2.24) is 14.8 Å². The summed E-state index contributed by atoms with van der Waals surface area (Å²) in [6.45, 7) is 1.42. The van der Waals surface area contributed by atoms with E-state index in [1.807, 2.05) is 65.2 Å². The third-order valence-corrected chi connectivity index (χ3v) is 6.53. The van der Waals surface area contributed by atoms with Crippen LogP contribution in [0.3, 0.4) is 0 Å². The van der Waals surface area contributed by atoms with Gasteiger partial charge in [0.05, 0.1) is 19.8 Å². The summed E-state index contributed by atoms with van der Waals surface area (Å²) in [5.74, 6) is 1.60. The van der Waals surface area contributed by atoms with Crippen molar-refractivity contribution in [2.24, 2.45) is 0 Å². The topological polar surface area (TPSA) is 58.4 Å². The first-order chi connectivity index (χ1) is 16.7. The Balaban J connectivity index is 1.41. The van der Waals surface area contributed by atoms with Crippen LogP contribution in [-0.2, 0) is 28.4 Å². The lowest BCUT2D eigenvalue weighted by Gasteiger charge is -2.28. The van der Waals surface area contributed by atoms with E-state index in [-0.39, 0.29) is 12.4 Å². The fourth-order valence-corrected chi connectivity index (χ4v) is 4.81. The molecule has 0 saturated carbocycles. The highest BCUT2D eigenvalue weighted by atomic mass is 32.2. The number of hydrogen-bond donors (Lipinski definition) is 0. The molecule has 0 radical (unpaired) electrons. The van der Waals surface area contributed by atoms with Gasteiger partial charge in [-0.25, -0.2) is 4.39 Å². The zero-order valence-electron chi connectivity index (χ0n) is 18.7. The van der Waals surface area contributed by atoms with Crippen LogP contribution < -0.4 is 4.74 Å². The predicted molar refractivity (Wildman–Crippen MR) is 128 cm³/mol. The van der Waals surface area contributed by atoms with E-state index in [0.29, 0.717) is 30.2 Å². The first-order valence-electron chi connectivity index (χ1n) is 11.0. The Labute approximate surface area is 201 Å². The third-order valence-electron chi connectivity index (χ3n) is 5.52. The van der Waals surface area contributed by atoms with Crippen molar-refractivity contribution in [3.63, 3.8) is 0 Å². The van der Waals surface area contributed by atoms with E-state index < -0.39 is 6.29 Å². The molecule has 5 rings (SSSR count). The van der Waals surface area contributed by atoms with Crippen LogP contribution in [0.5, 0.6) is 5.75 Å². The average Bonchev–Trinajstić information content (AvgIpc) is 3.29. The zero-order valence-corrected chi connectivity index (χ0v) is 19.5. The summed E-state index contributed by atoms with van der Waals surface area (Å²) in [5.41, 5.74) is 3.36. The molecule has 0 spiro atoms. The van der Waals surface area contributed by atoms with Crippen molar-refractivity contribution in [2.75, 3.05) is 13.7 Å². The fourth-order valence-electron chi connectivity index (χ4n) is 3.88. The second-order valence-electron chi connectivity index (χ2n) is 7.83. The molecule has 0 saturated heterocycles. The van der Waals surface area contributed by atoms with Crippen molar-refractivity contribution >= 4 is 11.8 Å². The van der Waals surface area contributed by atoms with Crippen LogP contribution in [0.4, 0.5) is 4.39 Å². The number of methoxy groups -OCH3 is 1. The Kier molecular flexibility index (Phi) is 6.89. The van der Waals surface area contributed by atoms with Gasteiger partial charge in [0.15, 0.2) is 11.0 Å². The maximum absolute atomic E-state index is 14.4. The molecular formula is C26H24FN3O3S. The molecule has 0 bridgehead atoms. The quantitative estimate of drug-likeness (QED) is 0.307. The van der Waals surface area contributed by atoms with Crippen LogP contribution in [0.1, 0.15) is 23.0 Å². The van der Waals surface area contributed by atoms with Crippen LogP contribution in [0.25, 0.3) is 11.4 Å². The van der Waals surface area contributed by atoms with Gasteiger partial charge in [-0.2, -0.15) is 0 Å². The predicted octanol–water partition coefficient (Wildman–Crippen LogP) is 5.63. The van der Waals surface area contributed by atoms with Crippen LogP contribution >= 0.6 is 11.8 Å². The largest absolute Gasteiger partial charge is 0.460 e. The molecule has 0 amide bonds. The van der Waals surface area contributed by atoms with Gasteiger partial charge in [-0.3, -0.25) is 4.57 Å². The molecule has 0 N–H and O–H groups in total. The van der Waals surface area contributed by atoms with Crippen LogP contribution in [0, 0.1) is 5.82 Å². The Bertz CT molecular complexity index is 1250. The molecule has 1 aromatic heterocycles. The lowest BCUT2D eigenvalue weighted by Crippen LogP contribution is -2.19. The molecule has 0 aliphatic carbocycles. The lowest BCUT2D eigenvalue weighted by molar-refractivity contribution is -0.112. The maximum atomic E-state index is 14.4. The molecule has 2 heterocycles.